The number of hydrogen-bond acceptors (Lipinski definition) is 3. The van der Waals surface area contributed by atoms with Gasteiger partial charge in [-0.05, 0) is 12.5 Å². The van der Waals surface area contributed by atoms with Crippen LogP contribution in [0, 0.1) is 5.82 Å². The van der Waals surface area contributed by atoms with Crippen molar-refractivity contribution in [2.24, 2.45) is 0 Å². The average Bonchev–Trinajstić information content (AvgIpc) is 2.18. The lowest BCUT2D eigenvalue weighted by Gasteiger charge is -2.01. The van der Waals surface area contributed by atoms with Gasteiger partial charge in [0.2, 0.25) is 0 Å². The highest BCUT2D eigenvalue weighted by molar-refractivity contribution is 5.96. The summed E-state index contributed by atoms with van der Waals surface area (Å²) in [5, 5.41) is 0. The number of hydrogen-bond donors (Lipinski definition) is 0. The molecule has 0 spiro atoms. The molecule has 0 atom stereocenters. The van der Waals surface area contributed by atoms with Crippen LogP contribution in [-0.4, -0.2) is 24.5 Å². The first-order valence-corrected chi connectivity index (χ1v) is 4.37. The molecule has 0 radical (unpaired) electrons. The minimum atomic E-state index is -0.560. The van der Waals surface area contributed by atoms with Crippen LogP contribution in [0.2, 0.25) is 0 Å². The number of carbonyl (C=O) groups excluding carboxylic acids is 1. The molecular weight excluding hydrogens is 185 g/mol. The van der Waals surface area contributed by atoms with E-state index >= 15 is 0 Å². The van der Waals surface area contributed by atoms with Crippen molar-refractivity contribution < 1.29 is 13.9 Å². The maximum atomic E-state index is 13.0. The van der Waals surface area contributed by atoms with Crippen molar-refractivity contribution >= 4 is 5.78 Å². The molecule has 76 valence electrons. The lowest BCUT2D eigenvalue weighted by molar-refractivity contribution is 0.0959. The van der Waals surface area contributed by atoms with Crippen molar-refractivity contribution in [3.8, 4) is 0 Å². The number of halogens is 1. The smallest absolute Gasteiger partial charge is 0.166 e. The highest BCUT2D eigenvalue weighted by atomic mass is 19.1. The zero-order valence-corrected chi connectivity index (χ0v) is 8.00. The summed E-state index contributed by atoms with van der Waals surface area (Å²) in [5.41, 5.74) is 0.108. The second-order valence-corrected chi connectivity index (χ2v) is 2.88. The third kappa shape index (κ3) is 2.88. The molecule has 0 aliphatic rings. The van der Waals surface area contributed by atoms with Crippen LogP contribution in [-0.2, 0) is 4.74 Å². The Balaban J connectivity index is 2.56. The van der Waals surface area contributed by atoms with Gasteiger partial charge in [-0.1, -0.05) is 0 Å². The minimum absolute atomic E-state index is 0.108. The van der Waals surface area contributed by atoms with E-state index < -0.39 is 5.82 Å². The number of ketones is 1. The predicted molar refractivity (Wildman–Crippen MR) is 49.6 cm³/mol. The summed E-state index contributed by atoms with van der Waals surface area (Å²) in [4.78, 5) is 15.0. The van der Waals surface area contributed by atoms with Gasteiger partial charge in [0.15, 0.2) is 11.6 Å². The summed E-state index contributed by atoms with van der Waals surface area (Å²) in [6, 6.07) is 1.39. The van der Waals surface area contributed by atoms with E-state index in [4.69, 9.17) is 4.74 Å². The van der Waals surface area contributed by atoms with Crippen molar-refractivity contribution in [1.82, 2.24) is 4.98 Å². The number of pyridine rings is 1. The first-order valence-electron chi connectivity index (χ1n) is 4.37. The molecule has 1 rings (SSSR count). The monoisotopic (exact) mass is 197 g/mol. The van der Waals surface area contributed by atoms with Crippen LogP contribution in [0.25, 0.3) is 0 Å². The Morgan fingerprint density at radius 3 is 3.07 bits per heavy atom. The normalized spacial score (nSPS) is 10.1. The summed E-state index contributed by atoms with van der Waals surface area (Å²) < 4.78 is 17.8. The number of carbonyl (C=O) groups is 1. The molecule has 0 bridgehead atoms. The third-order valence-corrected chi connectivity index (χ3v) is 1.83. The number of Topliss-reactive ketones (excluding diaryl/α,β-unsaturated/α-hetero) is 1. The van der Waals surface area contributed by atoms with E-state index in [1.54, 1.807) is 7.11 Å². The topological polar surface area (TPSA) is 39.2 Å². The van der Waals surface area contributed by atoms with E-state index in [1.807, 2.05) is 0 Å². The second kappa shape index (κ2) is 5.44. The lowest BCUT2D eigenvalue weighted by atomic mass is 10.1. The summed E-state index contributed by atoms with van der Waals surface area (Å²) in [5.74, 6) is -0.767. The largest absolute Gasteiger partial charge is 0.385 e. The predicted octanol–water partition coefficient (Wildman–Crippen LogP) is 1.83. The second-order valence-electron chi connectivity index (χ2n) is 2.88. The van der Waals surface area contributed by atoms with Crippen LogP contribution in [0.15, 0.2) is 18.5 Å². The molecule has 14 heavy (non-hydrogen) atoms. The molecule has 0 fully saturated rings. The Bertz CT molecular complexity index is 315. The number of aromatic nitrogens is 1. The van der Waals surface area contributed by atoms with Crippen LogP contribution in [0.3, 0.4) is 0 Å². The van der Waals surface area contributed by atoms with Gasteiger partial charge in [0, 0.05) is 26.3 Å². The molecule has 0 aliphatic heterocycles. The summed E-state index contributed by atoms with van der Waals surface area (Å²) in [6.45, 7) is 0.512. The molecule has 3 nitrogen and oxygen atoms in total. The molecule has 0 saturated carbocycles. The lowest BCUT2D eigenvalue weighted by Crippen LogP contribution is -2.04. The molecule has 0 N–H and O–H groups in total. The molecule has 1 aromatic heterocycles. The van der Waals surface area contributed by atoms with Gasteiger partial charge < -0.3 is 4.74 Å². The van der Waals surface area contributed by atoms with Crippen molar-refractivity contribution in [3.63, 3.8) is 0 Å². The molecule has 0 aromatic carbocycles. The van der Waals surface area contributed by atoms with Gasteiger partial charge in [0.05, 0.1) is 11.8 Å². The molecule has 0 saturated heterocycles. The van der Waals surface area contributed by atoms with Gasteiger partial charge in [0.25, 0.3) is 0 Å². The van der Waals surface area contributed by atoms with Crippen LogP contribution in [0.1, 0.15) is 23.2 Å². The Morgan fingerprint density at radius 2 is 2.43 bits per heavy atom. The molecule has 4 heteroatoms. The Kier molecular flexibility index (Phi) is 4.19. The fourth-order valence-corrected chi connectivity index (χ4v) is 1.11. The van der Waals surface area contributed by atoms with Gasteiger partial charge in [-0.2, -0.15) is 0 Å². The number of methoxy groups -OCH3 is 1. The summed E-state index contributed by atoms with van der Waals surface area (Å²) >= 11 is 0. The number of rotatable bonds is 5. The number of nitrogens with zero attached hydrogens (tertiary/aromatic N) is 1. The van der Waals surface area contributed by atoms with Crippen molar-refractivity contribution in [1.29, 1.82) is 0 Å². The van der Waals surface area contributed by atoms with Crippen molar-refractivity contribution in [2.75, 3.05) is 13.7 Å². The fraction of sp³-hybridized carbons (Fsp3) is 0.400. The first-order chi connectivity index (χ1) is 6.75. The SMILES string of the molecule is COCCCC(=O)c1ccncc1F. The maximum absolute atomic E-state index is 13.0. The average molecular weight is 197 g/mol. The highest BCUT2D eigenvalue weighted by Gasteiger charge is 2.10. The Labute approximate surface area is 81.9 Å². The fourth-order valence-electron chi connectivity index (χ4n) is 1.11. The van der Waals surface area contributed by atoms with E-state index in [9.17, 15) is 9.18 Å². The molecule has 0 amide bonds. The molecule has 1 aromatic rings. The summed E-state index contributed by atoms with van der Waals surface area (Å²) in [7, 11) is 1.57. The zero-order valence-electron chi connectivity index (χ0n) is 8.00. The van der Waals surface area contributed by atoms with Gasteiger partial charge >= 0.3 is 0 Å². The van der Waals surface area contributed by atoms with Gasteiger partial charge in [-0.15, -0.1) is 0 Å². The van der Waals surface area contributed by atoms with E-state index in [0.717, 1.165) is 6.20 Å². The van der Waals surface area contributed by atoms with E-state index in [2.05, 4.69) is 4.98 Å². The Morgan fingerprint density at radius 1 is 1.64 bits per heavy atom. The molecular formula is C10H12FNO2. The van der Waals surface area contributed by atoms with Gasteiger partial charge in [-0.25, -0.2) is 4.39 Å². The Hall–Kier alpha value is -1.29. The molecule has 0 aliphatic carbocycles. The molecule has 0 unspecified atom stereocenters. The summed E-state index contributed by atoms with van der Waals surface area (Å²) in [6.07, 6.45) is 3.36. The van der Waals surface area contributed by atoms with Crippen LogP contribution < -0.4 is 0 Å². The zero-order chi connectivity index (χ0) is 10.4. The standard InChI is InChI=1S/C10H12FNO2/c1-14-6-2-3-10(13)8-4-5-12-7-9(8)11/h4-5,7H,2-3,6H2,1H3. The van der Waals surface area contributed by atoms with Crippen molar-refractivity contribution in [2.45, 2.75) is 12.8 Å². The molecule has 1 heterocycles. The van der Waals surface area contributed by atoms with Gasteiger partial charge in [0.1, 0.15) is 0 Å². The third-order valence-electron chi connectivity index (χ3n) is 1.83. The van der Waals surface area contributed by atoms with Crippen molar-refractivity contribution in [3.05, 3.63) is 29.8 Å². The van der Waals surface area contributed by atoms with E-state index in [-0.39, 0.29) is 11.3 Å². The van der Waals surface area contributed by atoms with Crippen LogP contribution in [0.5, 0.6) is 0 Å². The van der Waals surface area contributed by atoms with E-state index in [0.29, 0.717) is 19.4 Å². The highest BCUT2D eigenvalue weighted by Crippen LogP contribution is 2.08. The maximum Gasteiger partial charge on any atom is 0.166 e. The minimum Gasteiger partial charge on any atom is -0.385 e. The first kappa shape index (κ1) is 10.8. The quantitative estimate of drug-likeness (QED) is 0.534. The van der Waals surface area contributed by atoms with Crippen LogP contribution >= 0.6 is 0 Å². The van der Waals surface area contributed by atoms with Gasteiger partial charge in [-0.3, -0.25) is 9.78 Å². The van der Waals surface area contributed by atoms with Crippen LogP contribution in [0.4, 0.5) is 4.39 Å². The van der Waals surface area contributed by atoms with E-state index in [1.165, 1.54) is 12.3 Å². The number of ether oxygens (including phenoxy) is 1.